The fraction of sp³-hybridized carbons (Fsp3) is 0.643. The number of aryl methyl sites for hydroxylation is 1. The minimum absolute atomic E-state index is 0.0183. The molecule has 4 heteroatoms. The van der Waals surface area contributed by atoms with Crippen LogP contribution in [0.3, 0.4) is 0 Å². The molecule has 0 radical (unpaired) electrons. The van der Waals surface area contributed by atoms with Gasteiger partial charge < -0.3 is 14.6 Å². The minimum atomic E-state index is -0.0183. The van der Waals surface area contributed by atoms with Gasteiger partial charge in [0.05, 0.1) is 12.6 Å². The van der Waals surface area contributed by atoms with Crippen molar-refractivity contribution in [1.29, 1.82) is 0 Å². The lowest BCUT2D eigenvalue weighted by molar-refractivity contribution is 0.0590. The second-order valence-corrected chi connectivity index (χ2v) is 5.10. The van der Waals surface area contributed by atoms with E-state index >= 15 is 0 Å². The lowest BCUT2D eigenvalue weighted by atomic mass is 10.1. The maximum absolute atomic E-state index is 12.5. The number of hydrogen-bond acceptors (Lipinski definition) is 2. The molecular formula is C14H22N2O2. The van der Waals surface area contributed by atoms with Gasteiger partial charge in [-0.05, 0) is 31.9 Å². The predicted octanol–water partition coefficient (Wildman–Crippen LogP) is 1.71. The molecule has 1 aromatic rings. The van der Waals surface area contributed by atoms with Crippen molar-refractivity contribution in [3.8, 4) is 0 Å². The van der Waals surface area contributed by atoms with E-state index in [4.69, 9.17) is 0 Å². The van der Waals surface area contributed by atoms with Gasteiger partial charge in [0.25, 0.3) is 5.91 Å². The van der Waals surface area contributed by atoms with E-state index < -0.39 is 0 Å². The van der Waals surface area contributed by atoms with E-state index in [1.165, 1.54) is 0 Å². The lowest BCUT2D eigenvalue weighted by Crippen LogP contribution is -2.42. The maximum Gasteiger partial charge on any atom is 0.270 e. The van der Waals surface area contributed by atoms with E-state index in [0.29, 0.717) is 5.69 Å². The molecule has 0 aromatic carbocycles. The van der Waals surface area contributed by atoms with E-state index in [1.54, 1.807) is 0 Å². The molecular weight excluding hydrogens is 228 g/mol. The van der Waals surface area contributed by atoms with Crippen molar-refractivity contribution in [3.63, 3.8) is 0 Å². The van der Waals surface area contributed by atoms with Gasteiger partial charge in [-0.2, -0.15) is 0 Å². The van der Waals surface area contributed by atoms with Gasteiger partial charge in [0.2, 0.25) is 0 Å². The van der Waals surface area contributed by atoms with Gasteiger partial charge in [0, 0.05) is 19.3 Å². The van der Waals surface area contributed by atoms with Crippen LogP contribution in [-0.2, 0) is 7.05 Å². The van der Waals surface area contributed by atoms with E-state index in [1.807, 2.05) is 35.6 Å². The maximum atomic E-state index is 12.5. The van der Waals surface area contributed by atoms with Crippen LogP contribution in [0.15, 0.2) is 12.1 Å². The number of aliphatic hydroxyl groups excluding tert-OH is 1. The van der Waals surface area contributed by atoms with Crippen LogP contribution in [0, 0.1) is 6.92 Å². The zero-order valence-electron chi connectivity index (χ0n) is 11.2. The fourth-order valence-corrected chi connectivity index (χ4v) is 2.61. The van der Waals surface area contributed by atoms with Crippen LogP contribution in [0.2, 0.25) is 0 Å². The van der Waals surface area contributed by atoms with Gasteiger partial charge in [0.15, 0.2) is 0 Å². The van der Waals surface area contributed by atoms with Crippen molar-refractivity contribution in [1.82, 2.24) is 9.47 Å². The molecule has 2 rings (SSSR count). The molecule has 1 N–H and O–H groups in total. The molecule has 0 aliphatic carbocycles. The summed E-state index contributed by atoms with van der Waals surface area (Å²) in [6, 6.07) is 3.81. The zero-order chi connectivity index (χ0) is 13.1. The van der Waals surface area contributed by atoms with Crippen LogP contribution in [-0.4, -0.2) is 39.7 Å². The largest absolute Gasteiger partial charge is 0.394 e. The molecule has 1 aromatic heterocycles. The van der Waals surface area contributed by atoms with Crippen molar-refractivity contribution in [3.05, 3.63) is 23.5 Å². The average molecular weight is 250 g/mol. The standard InChI is InChI=1S/C14H22N2O2/c1-11-7-8-13(15(11)2)14(18)16-9-5-3-4-6-12(16)10-17/h7-8,12,17H,3-6,9-10H2,1-2H3. The molecule has 2 heterocycles. The molecule has 4 nitrogen and oxygen atoms in total. The van der Waals surface area contributed by atoms with E-state index in [0.717, 1.165) is 37.9 Å². The second-order valence-electron chi connectivity index (χ2n) is 5.10. The number of aliphatic hydroxyl groups is 1. The lowest BCUT2D eigenvalue weighted by Gasteiger charge is -2.28. The van der Waals surface area contributed by atoms with Crippen LogP contribution in [0.1, 0.15) is 41.9 Å². The molecule has 0 spiro atoms. The Labute approximate surface area is 108 Å². The van der Waals surface area contributed by atoms with Crippen LogP contribution in [0.5, 0.6) is 0 Å². The first kappa shape index (κ1) is 13.1. The first-order valence-corrected chi connectivity index (χ1v) is 6.69. The monoisotopic (exact) mass is 250 g/mol. The highest BCUT2D eigenvalue weighted by Gasteiger charge is 2.27. The normalized spacial score (nSPS) is 20.8. The molecule has 100 valence electrons. The molecule has 0 saturated carbocycles. The summed E-state index contributed by atoms with van der Waals surface area (Å²) in [4.78, 5) is 14.4. The van der Waals surface area contributed by atoms with E-state index in [-0.39, 0.29) is 18.6 Å². The number of hydrogen-bond donors (Lipinski definition) is 1. The topological polar surface area (TPSA) is 45.5 Å². The quantitative estimate of drug-likeness (QED) is 0.868. The average Bonchev–Trinajstić information content (AvgIpc) is 2.59. The number of rotatable bonds is 2. The molecule has 18 heavy (non-hydrogen) atoms. The third-order valence-electron chi connectivity index (χ3n) is 3.94. The van der Waals surface area contributed by atoms with Gasteiger partial charge in [-0.15, -0.1) is 0 Å². The van der Waals surface area contributed by atoms with Crippen LogP contribution >= 0.6 is 0 Å². The first-order valence-electron chi connectivity index (χ1n) is 6.69. The van der Waals surface area contributed by atoms with Gasteiger partial charge in [-0.3, -0.25) is 4.79 Å². The molecule has 1 fully saturated rings. The van der Waals surface area contributed by atoms with E-state index in [2.05, 4.69) is 0 Å². The highest BCUT2D eigenvalue weighted by Crippen LogP contribution is 2.19. The second kappa shape index (κ2) is 5.57. The SMILES string of the molecule is Cc1ccc(C(=O)N2CCCCCC2CO)n1C. The molecule has 1 unspecified atom stereocenters. The Morgan fingerprint density at radius 2 is 2.17 bits per heavy atom. The summed E-state index contributed by atoms with van der Waals surface area (Å²) >= 11 is 0. The summed E-state index contributed by atoms with van der Waals surface area (Å²) < 4.78 is 1.92. The smallest absolute Gasteiger partial charge is 0.270 e. The molecule has 1 amide bonds. The first-order chi connectivity index (χ1) is 8.65. The van der Waals surface area contributed by atoms with Crippen LogP contribution < -0.4 is 0 Å². The third-order valence-corrected chi connectivity index (χ3v) is 3.94. The number of carbonyl (C=O) groups is 1. The Morgan fingerprint density at radius 1 is 1.39 bits per heavy atom. The van der Waals surface area contributed by atoms with Crippen molar-refractivity contribution >= 4 is 5.91 Å². The molecule has 1 atom stereocenters. The zero-order valence-corrected chi connectivity index (χ0v) is 11.2. The number of amides is 1. The molecule has 1 aliphatic heterocycles. The summed E-state index contributed by atoms with van der Waals surface area (Å²) in [6.07, 6.45) is 4.19. The Morgan fingerprint density at radius 3 is 2.78 bits per heavy atom. The number of likely N-dealkylation sites (tertiary alicyclic amines) is 1. The van der Waals surface area contributed by atoms with Crippen molar-refractivity contribution in [2.75, 3.05) is 13.2 Å². The van der Waals surface area contributed by atoms with Gasteiger partial charge in [-0.25, -0.2) is 0 Å². The summed E-state index contributed by atoms with van der Waals surface area (Å²) in [5.74, 6) is 0.0477. The summed E-state index contributed by atoms with van der Waals surface area (Å²) in [6.45, 7) is 2.81. The van der Waals surface area contributed by atoms with Gasteiger partial charge in [0.1, 0.15) is 5.69 Å². The van der Waals surface area contributed by atoms with Crippen molar-refractivity contribution < 1.29 is 9.90 Å². The minimum Gasteiger partial charge on any atom is -0.394 e. The van der Waals surface area contributed by atoms with Crippen LogP contribution in [0.25, 0.3) is 0 Å². The summed E-state index contributed by atoms with van der Waals surface area (Å²) in [5.41, 5.74) is 1.79. The summed E-state index contributed by atoms with van der Waals surface area (Å²) in [5, 5.41) is 9.46. The Balaban J connectivity index is 2.22. The highest BCUT2D eigenvalue weighted by atomic mass is 16.3. The predicted molar refractivity (Wildman–Crippen MR) is 70.5 cm³/mol. The fourth-order valence-electron chi connectivity index (χ4n) is 2.61. The van der Waals surface area contributed by atoms with Gasteiger partial charge >= 0.3 is 0 Å². The summed E-state index contributed by atoms with van der Waals surface area (Å²) in [7, 11) is 1.91. The highest BCUT2D eigenvalue weighted by molar-refractivity contribution is 5.93. The van der Waals surface area contributed by atoms with Crippen molar-refractivity contribution in [2.45, 2.75) is 38.6 Å². The molecule has 0 bridgehead atoms. The molecule has 1 aliphatic rings. The Hall–Kier alpha value is -1.29. The van der Waals surface area contributed by atoms with Gasteiger partial charge in [-0.1, -0.05) is 12.8 Å². The van der Waals surface area contributed by atoms with E-state index in [9.17, 15) is 9.90 Å². The number of aromatic nitrogens is 1. The molecule has 1 saturated heterocycles. The van der Waals surface area contributed by atoms with Crippen LogP contribution in [0.4, 0.5) is 0 Å². The Kier molecular flexibility index (Phi) is 4.07. The Bertz CT molecular complexity index is 425. The number of carbonyl (C=O) groups excluding carboxylic acids is 1. The third kappa shape index (κ3) is 2.43. The van der Waals surface area contributed by atoms with Crippen molar-refractivity contribution in [2.24, 2.45) is 7.05 Å². The number of nitrogens with zero attached hydrogens (tertiary/aromatic N) is 2.